The molecular formula is C21H21FN2O2. The fourth-order valence-electron chi connectivity index (χ4n) is 2.78. The number of hydrogen-bond donors (Lipinski definition) is 1. The van der Waals surface area contributed by atoms with Crippen molar-refractivity contribution in [2.45, 2.75) is 32.7 Å². The Balaban J connectivity index is 1.59. The molecule has 3 rings (SSSR count). The molecular weight excluding hydrogens is 331 g/mol. The third-order valence-electron chi connectivity index (χ3n) is 4.34. The second-order valence-corrected chi connectivity index (χ2v) is 6.40. The average Bonchev–Trinajstić information content (AvgIpc) is 3.09. The number of amides is 1. The first kappa shape index (κ1) is 17.9. The first-order chi connectivity index (χ1) is 12.5. The van der Waals surface area contributed by atoms with Crippen LogP contribution < -0.4 is 5.32 Å². The zero-order chi connectivity index (χ0) is 18.5. The Labute approximate surface area is 152 Å². The lowest BCUT2D eigenvalue weighted by atomic mass is 10.0. The summed E-state index contributed by atoms with van der Waals surface area (Å²) in [5.41, 5.74) is 4.68. The molecule has 1 unspecified atom stereocenters. The SMILES string of the molecule is Cc1ccc(-c2nocc2CCC(=O)NC(C)c2ccc(F)cc2)cc1. The van der Waals surface area contributed by atoms with Gasteiger partial charge in [-0.3, -0.25) is 4.79 Å². The minimum Gasteiger partial charge on any atom is -0.364 e. The lowest BCUT2D eigenvalue weighted by Crippen LogP contribution is -2.26. The minimum atomic E-state index is -0.289. The van der Waals surface area contributed by atoms with Crippen LogP contribution in [0, 0.1) is 12.7 Å². The molecule has 2 aromatic carbocycles. The summed E-state index contributed by atoms with van der Waals surface area (Å²) in [6.07, 6.45) is 2.45. The molecule has 1 atom stereocenters. The first-order valence-corrected chi connectivity index (χ1v) is 8.58. The average molecular weight is 352 g/mol. The highest BCUT2D eigenvalue weighted by Crippen LogP contribution is 2.23. The van der Waals surface area contributed by atoms with Gasteiger partial charge in [-0.15, -0.1) is 0 Å². The maximum absolute atomic E-state index is 13.0. The number of aryl methyl sites for hydroxylation is 2. The molecule has 134 valence electrons. The van der Waals surface area contributed by atoms with Crippen molar-refractivity contribution in [2.24, 2.45) is 0 Å². The van der Waals surface area contributed by atoms with E-state index in [9.17, 15) is 9.18 Å². The van der Waals surface area contributed by atoms with Gasteiger partial charge in [-0.05, 0) is 38.0 Å². The van der Waals surface area contributed by atoms with Gasteiger partial charge in [-0.25, -0.2) is 4.39 Å². The standard InChI is InChI=1S/C21H21FN2O2/c1-14-3-5-17(6-4-14)21-18(13-26-24-21)9-12-20(25)23-15(2)16-7-10-19(22)11-8-16/h3-8,10-11,13,15H,9,12H2,1-2H3,(H,23,25). The second kappa shape index (κ2) is 7.95. The minimum absolute atomic E-state index is 0.0714. The zero-order valence-electron chi connectivity index (χ0n) is 14.8. The van der Waals surface area contributed by atoms with Crippen molar-refractivity contribution >= 4 is 5.91 Å². The van der Waals surface area contributed by atoms with Crippen LogP contribution in [-0.4, -0.2) is 11.1 Å². The van der Waals surface area contributed by atoms with Crippen LogP contribution in [0.25, 0.3) is 11.3 Å². The molecule has 0 aliphatic heterocycles. The quantitative estimate of drug-likeness (QED) is 0.705. The van der Waals surface area contributed by atoms with Gasteiger partial charge in [0.15, 0.2) is 0 Å². The predicted molar refractivity (Wildman–Crippen MR) is 98.0 cm³/mol. The first-order valence-electron chi connectivity index (χ1n) is 8.58. The lowest BCUT2D eigenvalue weighted by Gasteiger charge is -2.14. The molecule has 0 spiro atoms. The van der Waals surface area contributed by atoms with Crippen LogP contribution in [-0.2, 0) is 11.2 Å². The summed E-state index contributed by atoms with van der Waals surface area (Å²) in [4.78, 5) is 12.2. The summed E-state index contributed by atoms with van der Waals surface area (Å²) in [7, 11) is 0. The van der Waals surface area contributed by atoms with Crippen molar-refractivity contribution in [3.63, 3.8) is 0 Å². The molecule has 26 heavy (non-hydrogen) atoms. The van der Waals surface area contributed by atoms with Crippen LogP contribution in [0.4, 0.5) is 4.39 Å². The van der Waals surface area contributed by atoms with E-state index in [0.29, 0.717) is 12.8 Å². The Morgan fingerprint density at radius 3 is 2.54 bits per heavy atom. The van der Waals surface area contributed by atoms with E-state index in [1.807, 2.05) is 38.1 Å². The van der Waals surface area contributed by atoms with E-state index in [4.69, 9.17) is 4.52 Å². The number of carbonyl (C=O) groups excluding carboxylic acids is 1. The summed E-state index contributed by atoms with van der Waals surface area (Å²) in [6.45, 7) is 3.91. The number of hydrogen-bond acceptors (Lipinski definition) is 3. The van der Waals surface area contributed by atoms with E-state index < -0.39 is 0 Å². The normalized spacial score (nSPS) is 12.0. The van der Waals surface area contributed by atoms with Crippen LogP contribution >= 0.6 is 0 Å². The number of carbonyl (C=O) groups is 1. The molecule has 0 aliphatic carbocycles. The molecule has 1 aromatic heterocycles. The van der Waals surface area contributed by atoms with Gasteiger partial charge in [0.25, 0.3) is 0 Å². The Hall–Kier alpha value is -2.95. The fraction of sp³-hybridized carbons (Fsp3) is 0.238. The maximum Gasteiger partial charge on any atom is 0.220 e. The van der Waals surface area contributed by atoms with E-state index in [0.717, 1.165) is 22.4 Å². The molecule has 3 aromatic rings. The van der Waals surface area contributed by atoms with Crippen molar-refractivity contribution < 1.29 is 13.7 Å². The molecule has 5 heteroatoms. The maximum atomic E-state index is 13.0. The van der Waals surface area contributed by atoms with Crippen molar-refractivity contribution in [1.29, 1.82) is 0 Å². The molecule has 1 heterocycles. The van der Waals surface area contributed by atoms with Crippen LogP contribution in [0.2, 0.25) is 0 Å². The van der Waals surface area contributed by atoms with Gasteiger partial charge in [0, 0.05) is 17.5 Å². The Morgan fingerprint density at radius 2 is 1.85 bits per heavy atom. The van der Waals surface area contributed by atoms with Crippen LogP contribution in [0.5, 0.6) is 0 Å². The van der Waals surface area contributed by atoms with Crippen LogP contribution in [0.15, 0.2) is 59.3 Å². The summed E-state index contributed by atoms with van der Waals surface area (Å²) >= 11 is 0. The monoisotopic (exact) mass is 352 g/mol. The number of halogens is 1. The molecule has 1 N–H and O–H groups in total. The molecule has 0 saturated heterocycles. The molecule has 4 nitrogen and oxygen atoms in total. The summed E-state index contributed by atoms with van der Waals surface area (Å²) < 4.78 is 18.1. The molecule has 0 aliphatic rings. The molecule has 0 saturated carbocycles. The third-order valence-corrected chi connectivity index (χ3v) is 4.34. The van der Waals surface area contributed by atoms with Crippen molar-refractivity contribution in [1.82, 2.24) is 10.5 Å². The van der Waals surface area contributed by atoms with Crippen LogP contribution in [0.1, 0.15) is 36.1 Å². The zero-order valence-corrected chi connectivity index (χ0v) is 14.8. The van der Waals surface area contributed by atoms with Gasteiger partial charge in [0.05, 0.1) is 6.04 Å². The van der Waals surface area contributed by atoms with Gasteiger partial charge in [-0.1, -0.05) is 47.1 Å². The third kappa shape index (κ3) is 4.36. The largest absolute Gasteiger partial charge is 0.364 e. The Morgan fingerprint density at radius 1 is 1.15 bits per heavy atom. The van der Waals surface area contributed by atoms with E-state index in [1.165, 1.54) is 17.7 Å². The van der Waals surface area contributed by atoms with Gasteiger partial charge in [0.1, 0.15) is 17.8 Å². The van der Waals surface area contributed by atoms with Gasteiger partial charge in [0.2, 0.25) is 5.91 Å². The van der Waals surface area contributed by atoms with Gasteiger partial charge in [-0.2, -0.15) is 0 Å². The number of benzene rings is 2. The molecule has 0 bridgehead atoms. The fourth-order valence-corrected chi connectivity index (χ4v) is 2.78. The highest BCUT2D eigenvalue weighted by atomic mass is 19.1. The van der Waals surface area contributed by atoms with Gasteiger partial charge < -0.3 is 9.84 Å². The molecule has 0 radical (unpaired) electrons. The number of rotatable bonds is 6. The highest BCUT2D eigenvalue weighted by Gasteiger charge is 2.14. The number of nitrogens with one attached hydrogen (secondary N) is 1. The van der Waals surface area contributed by atoms with E-state index in [1.54, 1.807) is 18.4 Å². The number of nitrogens with zero attached hydrogens (tertiary/aromatic N) is 1. The van der Waals surface area contributed by atoms with E-state index in [-0.39, 0.29) is 17.8 Å². The predicted octanol–water partition coefficient (Wildman–Crippen LogP) is 4.60. The molecule has 0 fully saturated rings. The van der Waals surface area contributed by atoms with E-state index in [2.05, 4.69) is 10.5 Å². The van der Waals surface area contributed by atoms with Crippen LogP contribution in [0.3, 0.4) is 0 Å². The summed E-state index contributed by atoms with van der Waals surface area (Å²) in [5.74, 6) is -0.360. The number of aromatic nitrogens is 1. The summed E-state index contributed by atoms with van der Waals surface area (Å²) in [6, 6.07) is 14.0. The molecule has 1 amide bonds. The van der Waals surface area contributed by atoms with E-state index >= 15 is 0 Å². The highest BCUT2D eigenvalue weighted by molar-refractivity contribution is 5.77. The van der Waals surface area contributed by atoms with Crippen molar-refractivity contribution in [3.8, 4) is 11.3 Å². The Kier molecular flexibility index (Phi) is 5.46. The topological polar surface area (TPSA) is 55.1 Å². The van der Waals surface area contributed by atoms with Crippen molar-refractivity contribution in [2.75, 3.05) is 0 Å². The smallest absolute Gasteiger partial charge is 0.220 e. The Bertz CT molecular complexity index is 870. The van der Waals surface area contributed by atoms with Gasteiger partial charge >= 0.3 is 0 Å². The summed E-state index contributed by atoms with van der Waals surface area (Å²) in [5, 5.41) is 7.00. The lowest BCUT2D eigenvalue weighted by molar-refractivity contribution is -0.121. The van der Waals surface area contributed by atoms with Crippen molar-refractivity contribution in [3.05, 3.63) is 77.3 Å². The second-order valence-electron chi connectivity index (χ2n) is 6.40.